The molecule has 0 spiro atoms. The molecule has 1 saturated heterocycles. The summed E-state index contributed by atoms with van der Waals surface area (Å²) < 4.78 is 14.9. The fraction of sp³-hybridized carbons (Fsp3) is 0.429. The number of nitrogens with one attached hydrogen (secondary N) is 1. The third-order valence-corrected chi connectivity index (χ3v) is 5.63. The minimum Gasteiger partial charge on any atom is -0.335 e. The van der Waals surface area contributed by atoms with E-state index in [4.69, 9.17) is 0 Å². The van der Waals surface area contributed by atoms with Crippen LogP contribution < -0.4 is 5.32 Å². The topological polar surface area (TPSA) is 50.2 Å². The zero-order chi connectivity index (χ0) is 18.8. The third-order valence-electron chi connectivity index (χ3n) is 5.63. The summed E-state index contributed by atoms with van der Waals surface area (Å²) in [4.78, 5) is 14.5. The molecule has 1 aliphatic carbocycles. The number of nitrogens with zero attached hydrogens (tertiary/aromatic N) is 3. The van der Waals surface area contributed by atoms with Gasteiger partial charge >= 0.3 is 6.03 Å². The van der Waals surface area contributed by atoms with Crippen molar-refractivity contribution in [3.05, 3.63) is 59.7 Å². The van der Waals surface area contributed by atoms with Crippen LogP contribution in [0.5, 0.6) is 0 Å². The molecule has 1 N–H and O–H groups in total. The van der Waals surface area contributed by atoms with Crippen LogP contribution in [-0.4, -0.2) is 39.8 Å². The number of aromatic nitrogens is 2. The normalized spacial score (nSPS) is 22.6. The lowest BCUT2D eigenvalue weighted by Crippen LogP contribution is -2.44. The smallest absolute Gasteiger partial charge is 0.317 e. The summed E-state index contributed by atoms with van der Waals surface area (Å²) in [5, 5.41) is 7.41. The molecule has 1 aromatic carbocycles. The first-order valence-corrected chi connectivity index (χ1v) is 9.57. The van der Waals surface area contributed by atoms with E-state index in [0.717, 1.165) is 44.3 Å². The van der Waals surface area contributed by atoms with Crippen LogP contribution in [0.4, 0.5) is 9.18 Å². The minimum atomic E-state index is -0.212. The summed E-state index contributed by atoms with van der Waals surface area (Å²) >= 11 is 0. The molecule has 1 aliphatic heterocycles. The molecule has 0 bridgehead atoms. The van der Waals surface area contributed by atoms with Crippen LogP contribution in [0.2, 0.25) is 0 Å². The molecule has 2 heterocycles. The molecule has 2 atom stereocenters. The van der Waals surface area contributed by atoms with Crippen molar-refractivity contribution in [3.8, 4) is 0 Å². The first-order valence-electron chi connectivity index (χ1n) is 9.57. The summed E-state index contributed by atoms with van der Waals surface area (Å²) in [6, 6.07) is 6.84. The van der Waals surface area contributed by atoms with Gasteiger partial charge in [-0.2, -0.15) is 5.10 Å². The number of carbonyl (C=O) groups is 1. The fourth-order valence-electron chi connectivity index (χ4n) is 4.03. The highest BCUT2D eigenvalue weighted by Gasteiger charge is 2.29. The maximum atomic E-state index is 13.1. The monoisotopic (exact) mass is 368 g/mol. The van der Waals surface area contributed by atoms with Crippen LogP contribution in [0, 0.1) is 5.82 Å². The standard InChI is InChI=1S/C21H25FN4O/c1-25-13-18(12-23-25)17-10-11-26(14-17)21(27)24-20-8-4-16(5-9-20)15-2-6-19(22)7-3-15/h2-4,6-7,12-13,17,20H,5,8-11,14H2,1H3,(H,24,27). The van der Waals surface area contributed by atoms with Gasteiger partial charge in [-0.3, -0.25) is 4.68 Å². The molecular weight excluding hydrogens is 343 g/mol. The predicted molar refractivity (Wildman–Crippen MR) is 103 cm³/mol. The highest BCUT2D eigenvalue weighted by molar-refractivity contribution is 5.75. The zero-order valence-electron chi connectivity index (χ0n) is 15.6. The molecule has 2 aliphatic rings. The van der Waals surface area contributed by atoms with Crippen molar-refractivity contribution in [2.45, 2.75) is 37.6 Å². The Bertz CT molecular complexity index is 842. The molecule has 6 heteroatoms. The number of hydrogen-bond acceptors (Lipinski definition) is 2. The summed E-state index contributed by atoms with van der Waals surface area (Å²) in [7, 11) is 1.92. The highest BCUT2D eigenvalue weighted by Crippen LogP contribution is 2.29. The first-order chi connectivity index (χ1) is 13.1. The molecule has 4 rings (SSSR count). The van der Waals surface area contributed by atoms with Crippen LogP contribution in [0.15, 0.2) is 42.7 Å². The van der Waals surface area contributed by atoms with Crippen LogP contribution in [0.1, 0.15) is 42.7 Å². The lowest BCUT2D eigenvalue weighted by atomic mass is 9.91. The second-order valence-electron chi connectivity index (χ2n) is 7.54. The molecule has 27 heavy (non-hydrogen) atoms. The Morgan fingerprint density at radius 2 is 2.07 bits per heavy atom. The van der Waals surface area contributed by atoms with E-state index in [9.17, 15) is 9.18 Å². The quantitative estimate of drug-likeness (QED) is 0.898. The van der Waals surface area contributed by atoms with Gasteiger partial charge in [0.25, 0.3) is 0 Å². The van der Waals surface area contributed by atoms with Crippen LogP contribution in [0.3, 0.4) is 0 Å². The van der Waals surface area contributed by atoms with E-state index in [1.54, 1.807) is 0 Å². The van der Waals surface area contributed by atoms with Crippen molar-refractivity contribution in [1.29, 1.82) is 0 Å². The Kier molecular flexibility index (Phi) is 4.97. The third kappa shape index (κ3) is 4.04. The number of likely N-dealkylation sites (tertiary alicyclic amines) is 1. The second kappa shape index (κ2) is 7.55. The lowest BCUT2D eigenvalue weighted by molar-refractivity contribution is 0.203. The van der Waals surface area contributed by atoms with Crippen LogP contribution in [-0.2, 0) is 7.05 Å². The molecule has 1 fully saturated rings. The summed E-state index contributed by atoms with van der Waals surface area (Å²) in [6.45, 7) is 1.54. The van der Waals surface area contributed by atoms with Gasteiger partial charge in [0, 0.05) is 38.3 Å². The number of benzene rings is 1. The van der Waals surface area contributed by atoms with E-state index in [1.807, 2.05) is 41.2 Å². The zero-order valence-corrected chi connectivity index (χ0v) is 15.6. The van der Waals surface area contributed by atoms with Crippen LogP contribution in [0.25, 0.3) is 5.57 Å². The summed E-state index contributed by atoms with van der Waals surface area (Å²) in [5.41, 5.74) is 3.51. The Morgan fingerprint density at radius 3 is 2.74 bits per heavy atom. The van der Waals surface area contributed by atoms with E-state index in [-0.39, 0.29) is 17.9 Å². The van der Waals surface area contributed by atoms with E-state index in [2.05, 4.69) is 16.5 Å². The van der Waals surface area contributed by atoms with Gasteiger partial charge in [-0.15, -0.1) is 0 Å². The van der Waals surface area contributed by atoms with Crippen molar-refractivity contribution < 1.29 is 9.18 Å². The average Bonchev–Trinajstić information content (AvgIpc) is 3.32. The number of hydrogen-bond donors (Lipinski definition) is 1. The Hall–Kier alpha value is -2.63. The fourth-order valence-corrected chi connectivity index (χ4v) is 4.03. The largest absolute Gasteiger partial charge is 0.335 e. The molecule has 5 nitrogen and oxygen atoms in total. The van der Waals surface area contributed by atoms with Gasteiger partial charge in [-0.05, 0) is 54.5 Å². The van der Waals surface area contributed by atoms with Crippen molar-refractivity contribution >= 4 is 11.6 Å². The SMILES string of the molecule is Cn1cc(C2CCN(C(=O)NC3CC=C(c4ccc(F)cc4)CC3)C2)cn1. The average molecular weight is 368 g/mol. The molecule has 2 aromatic rings. The molecule has 2 unspecified atom stereocenters. The van der Waals surface area contributed by atoms with Gasteiger partial charge in [-0.25, -0.2) is 9.18 Å². The summed E-state index contributed by atoms with van der Waals surface area (Å²) in [5.74, 6) is 0.163. The number of halogens is 1. The molecular formula is C21H25FN4O. The van der Waals surface area contributed by atoms with Crippen LogP contribution >= 0.6 is 0 Å². The number of allylic oxidation sites excluding steroid dienone is 1. The highest BCUT2D eigenvalue weighted by atomic mass is 19.1. The molecule has 0 radical (unpaired) electrons. The maximum absolute atomic E-state index is 13.1. The first kappa shape index (κ1) is 17.8. The molecule has 1 aromatic heterocycles. The number of carbonyl (C=O) groups excluding carboxylic acids is 1. The second-order valence-corrected chi connectivity index (χ2v) is 7.54. The van der Waals surface area contributed by atoms with Gasteiger partial charge in [0.15, 0.2) is 0 Å². The Morgan fingerprint density at radius 1 is 1.26 bits per heavy atom. The Balaban J connectivity index is 1.30. The van der Waals surface area contributed by atoms with Gasteiger partial charge in [-0.1, -0.05) is 18.2 Å². The van der Waals surface area contributed by atoms with Crippen molar-refractivity contribution in [2.24, 2.45) is 7.05 Å². The van der Waals surface area contributed by atoms with Gasteiger partial charge < -0.3 is 10.2 Å². The Labute approximate surface area is 158 Å². The van der Waals surface area contributed by atoms with Crippen molar-refractivity contribution in [1.82, 2.24) is 20.0 Å². The molecule has 0 saturated carbocycles. The maximum Gasteiger partial charge on any atom is 0.317 e. The lowest BCUT2D eigenvalue weighted by Gasteiger charge is -2.26. The number of aryl methyl sites for hydroxylation is 1. The molecule has 142 valence electrons. The van der Waals surface area contributed by atoms with E-state index < -0.39 is 0 Å². The van der Waals surface area contributed by atoms with E-state index >= 15 is 0 Å². The van der Waals surface area contributed by atoms with Gasteiger partial charge in [0.05, 0.1) is 6.20 Å². The number of amides is 2. The molecule has 2 amide bonds. The van der Waals surface area contributed by atoms with E-state index in [0.29, 0.717) is 5.92 Å². The van der Waals surface area contributed by atoms with Gasteiger partial charge in [0.2, 0.25) is 0 Å². The number of rotatable bonds is 3. The summed E-state index contributed by atoms with van der Waals surface area (Å²) in [6.07, 6.45) is 9.72. The number of urea groups is 1. The van der Waals surface area contributed by atoms with Crippen molar-refractivity contribution in [2.75, 3.05) is 13.1 Å². The van der Waals surface area contributed by atoms with Crippen molar-refractivity contribution in [3.63, 3.8) is 0 Å². The predicted octanol–water partition coefficient (Wildman–Crippen LogP) is 3.69. The van der Waals surface area contributed by atoms with Gasteiger partial charge in [0.1, 0.15) is 5.82 Å². The van der Waals surface area contributed by atoms with E-state index in [1.165, 1.54) is 23.3 Å². The minimum absolute atomic E-state index is 0.0324.